The molecule has 0 aliphatic carbocycles. The highest BCUT2D eigenvalue weighted by atomic mass is 16.5. The average molecular weight is 294 g/mol. The second-order valence-electron chi connectivity index (χ2n) is 5.65. The monoisotopic (exact) mass is 294 g/mol. The molecule has 2 N–H and O–H groups in total. The number of nitrogens with one attached hydrogen (secondary N) is 1. The van der Waals surface area contributed by atoms with Gasteiger partial charge >= 0.3 is 0 Å². The molecule has 6 heteroatoms. The van der Waals surface area contributed by atoms with Crippen molar-refractivity contribution in [1.82, 2.24) is 9.97 Å². The first-order valence-corrected chi connectivity index (χ1v) is 7.65. The van der Waals surface area contributed by atoms with Crippen LogP contribution in [0.3, 0.4) is 0 Å². The zero-order valence-corrected chi connectivity index (χ0v) is 13.4. The molecular formula is C15H26N4O2. The van der Waals surface area contributed by atoms with E-state index >= 15 is 0 Å². The molecule has 1 saturated heterocycles. The molecule has 2 heterocycles. The minimum absolute atomic E-state index is 0.0326. The van der Waals surface area contributed by atoms with Gasteiger partial charge in [0.05, 0.1) is 18.8 Å². The van der Waals surface area contributed by atoms with Gasteiger partial charge in [0.1, 0.15) is 17.5 Å². The van der Waals surface area contributed by atoms with Crippen molar-refractivity contribution in [3.8, 4) is 0 Å². The Kier molecular flexibility index (Phi) is 5.36. The molecular weight excluding hydrogens is 268 g/mol. The lowest BCUT2D eigenvalue weighted by Crippen LogP contribution is -2.48. The molecule has 0 spiro atoms. The number of rotatable bonds is 5. The van der Waals surface area contributed by atoms with Gasteiger partial charge in [0.15, 0.2) is 0 Å². The van der Waals surface area contributed by atoms with E-state index in [2.05, 4.69) is 27.1 Å². The van der Waals surface area contributed by atoms with Crippen LogP contribution in [0.2, 0.25) is 0 Å². The van der Waals surface area contributed by atoms with E-state index in [0.717, 1.165) is 42.5 Å². The van der Waals surface area contributed by atoms with Crippen LogP contribution in [0, 0.1) is 13.8 Å². The Morgan fingerprint density at radius 3 is 2.76 bits per heavy atom. The van der Waals surface area contributed by atoms with Crippen LogP contribution < -0.4 is 10.2 Å². The Hall–Kier alpha value is -1.40. The Bertz CT molecular complexity index is 481. The molecule has 1 aromatic heterocycles. The lowest BCUT2D eigenvalue weighted by Gasteiger charge is -2.37. The number of aromatic nitrogens is 2. The van der Waals surface area contributed by atoms with Crippen LogP contribution in [0.4, 0.5) is 11.6 Å². The molecule has 0 amide bonds. The normalized spacial score (nSPS) is 22.4. The predicted octanol–water partition coefficient (Wildman–Crippen LogP) is 1.50. The van der Waals surface area contributed by atoms with Gasteiger partial charge in [0, 0.05) is 25.2 Å². The highest BCUT2D eigenvalue weighted by molar-refractivity contribution is 5.59. The van der Waals surface area contributed by atoms with Gasteiger partial charge in [-0.2, -0.15) is 0 Å². The van der Waals surface area contributed by atoms with Gasteiger partial charge in [-0.1, -0.05) is 6.92 Å². The van der Waals surface area contributed by atoms with Crippen molar-refractivity contribution in [3.05, 3.63) is 11.4 Å². The summed E-state index contributed by atoms with van der Waals surface area (Å²) in [4.78, 5) is 11.3. The van der Waals surface area contributed by atoms with E-state index in [1.807, 2.05) is 20.8 Å². The molecule has 1 fully saturated rings. The van der Waals surface area contributed by atoms with E-state index in [-0.39, 0.29) is 18.8 Å². The third-order valence-electron chi connectivity index (χ3n) is 3.60. The maximum absolute atomic E-state index is 9.37. The summed E-state index contributed by atoms with van der Waals surface area (Å²) in [6.07, 6.45) is 0.979. The van der Waals surface area contributed by atoms with Crippen molar-refractivity contribution >= 4 is 11.6 Å². The number of aliphatic hydroxyl groups is 1. The first kappa shape index (κ1) is 16.0. The van der Waals surface area contributed by atoms with Gasteiger partial charge < -0.3 is 20.1 Å². The molecule has 0 radical (unpaired) electrons. The fraction of sp³-hybridized carbons (Fsp3) is 0.733. The van der Waals surface area contributed by atoms with Gasteiger partial charge in [-0.05, 0) is 27.2 Å². The van der Waals surface area contributed by atoms with Crippen molar-refractivity contribution in [1.29, 1.82) is 0 Å². The van der Waals surface area contributed by atoms with E-state index in [0.29, 0.717) is 6.54 Å². The van der Waals surface area contributed by atoms with Crippen LogP contribution in [-0.2, 0) is 4.74 Å². The first-order chi connectivity index (χ1) is 10.0. The van der Waals surface area contributed by atoms with Gasteiger partial charge in [-0.15, -0.1) is 0 Å². The molecule has 0 bridgehead atoms. The van der Waals surface area contributed by atoms with Crippen molar-refractivity contribution in [2.45, 2.75) is 46.3 Å². The molecule has 1 aliphatic rings. The number of aliphatic hydroxyl groups excluding tert-OH is 1. The van der Waals surface area contributed by atoms with Crippen molar-refractivity contribution in [2.24, 2.45) is 0 Å². The highest BCUT2D eigenvalue weighted by Crippen LogP contribution is 2.26. The van der Waals surface area contributed by atoms with Gasteiger partial charge in [-0.25, -0.2) is 9.97 Å². The molecule has 1 aromatic rings. The summed E-state index contributed by atoms with van der Waals surface area (Å²) in [6, 6.07) is 0. The van der Waals surface area contributed by atoms with Crippen molar-refractivity contribution in [2.75, 3.05) is 36.5 Å². The molecule has 21 heavy (non-hydrogen) atoms. The number of morpholine rings is 1. The summed E-state index contributed by atoms with van der Waals surface area (Å²) < 4.78 is 5.70. The number of ether oxygens (including phenoxy) is 1. The van der Waals surface area contributed by atoms with Crippen LogP contribution in [0.5, 0.6) is 0 Å². The van der Waals surface area contributed by atoms with E-state index in [4.69, 9.17) is 4.74 Å². The van der Waals surface area contributed by atoms with Crippen LogP contribution in [0.1, 0.15) is 31.7 Å². The fourth-order valence-corrected chi connectivity index (χ4v) is 2.66. The Labute approximate surface area is 126 Å². The summed E-state index contributed by atoms with van der Waals surface area (Å²) in [6.45, 7) is 10.5. The largest absolute Gasteiger partial charge is 0.394 e. The fourth-order valence-electron chi connectivity index (χ4n) is 2.66. The van der Waals surface area contributed by atoms with E-state index in [1.165, 1.54) is 0 Å². The van der Waals surface area contributed by atoms with Crippen LogP contribution in [-0.4, -0.2) is 53.5 Å². The molecule has 1 aliphatic heterocycles. The lowest BCUT2D eigenvalue weighted by atomic mass is 10.2. The quantitative estimate of drug-likeness (QED) is 0.857. The van der Waals surface area contributed by atoms with E-state index in [1.54, 1.807) is 0 Å². The smallest absolute Gasteiger partial charge is 0.137 e. The predicted molar refractivity (Wildman–Crippen MR) is 83.9 cm³/mol. The SMILES string of the molecule is CCCNc1nc(C)nc(N2CC(C)OC(CO)C2)c1C. The second kappa shape index (κ2) is 7.04. The summed E-state index contributed by atoms with van der Waals surface area (Å²) in [7, 11) is 0. The van der Waals surface area contributed by atoms with Crippen LogP contribution >= 0.6 is 0 Å². The van der Waals surface area contributed by atoms with E-state index in [9.17, 15) is 5.11 Å². The van der Waals surface area contributed by atoms with E-state index < -0.39 is 0 Å². The summed E-state index contributed by atoms with van der Waals surface area (Å²) in [5.74, 6) is 2.60. The Morgan fingerprint density at radius 1 is 1.33 bits per heavy atom. The number of hydrogen-bond donors (Lipinski definition) is 2. The standard InChI is InChI=1S/C15H26N4O2/c1-5-6-16-14-11(3)15(18-12(4)17-14)19-7-10(2)21-13(8-19)9-20/h10,13,20H,5-9H2,1-4H3,(H,16,17,18). The lowest BCUT2D eigenvalue weighted by molar-refractivity contribution is -0.0423. The number of aryl methyl sites for hydroxylation is 1. The molecule has 6 nitrogen and oxygen atoms in total. The maximum atomic E-state index is 9.37. The number of anilines is 2. The average Bonchev–Trinajstić information content (AvgIpc) is 2.47. The molecule has 0 aromatic carbocycles. The Morgan fingerprint density at radius 2 is 2.10 bits per heavy atom. The molecule has 2 atom stereocenters. The highest BCUT2D eigenvalue weighted by Gasteiger charge is 2.27. The summed E-state index contributed by atoms with van der Waals surface area (Å²) >= 11 is 0. The Balaban J connectivity index is 2.27. The maximum Gasteiger partial charge on any atom is 0.137 e. The molecule has 118 valence electrons. The van der Waals surface area contributed by atoms with Gasteiger partial charge in [0.25, 0.3) is 0 Å². The minimum Gasteiger partial charge on any atom is -0.394 e. The van der Waals surface area contributed by atoms with Gasteiger partial charge in [0.2, 0.25) is 0 Å². The molecule has 2 rings (SSSR count). The van der Waals surface area contributed by atoms with Crippen molar-refractivity contribution < 1.29 is 9.84 Å². The number of nitrogens with zero attached hydrogens (tertiary/aromatic N) is 3. The first-order valence-electron chi connectivity index (χ1n) is 7.65. The number of hydrogen-bond acceptors (Lipinski definition) is 6. The topological polar surface area (TPSA) is 70.5 Å². The van der Waals surface area contributed by atoms with Crippen molar-refractivity contribution in [3.63, 3.8) is 0 Å². The molecule has 0 saturated carbocycles. The summed E-state index contributed by atoms with van der Waals surface area (Å²) in [5, 5.41) is 12.7. The second-order valence-corrected chi connectivity index (χ2v) is 5.65. The summed E-state index contributed by atoms with van der Waals surface area (Å²) in [5.41, 5.74) is 1.06. The third-order valence-corrected chi connectivity index (χ3v) is 3.60. The third kappa shape index (κ3) is 3.83. The molecule has 2 unspecified atom stereocenters. The zero-order chi connectivity index (χ0) is 15.4. The van der Waals surface area contributed by atoms with Crippen LogP contribution in [0.25, 0.3) is 0 Å². The minimum atomic E-state index is -0.157. The van der Waals surface area contributed by atoms with Crippen LogP contribution in [0.15, 0.2) is 0 Å². The van der Waals surface area contributed by atoms with Gasteiger partial charge in [-0.3, -0.25) is 0 Å². The zero-order valence-electron chi connectivity index (χ0n) is 13.4.